The highest BCUT2D eigenvalue weighted by Crippen LogP contribution is 2.43. The van der Waals surface area contributed by atoms with E-state index in [0.29, 0.717) is 46.6 Å². The van der Waals surface area contributed by atoms with Gasteiger partial charge in [0.15, 0.2) is 0 Å². The molecule has 0 saturated carbocycles. The molecule has 0 aromatic carbocycles. The second kappa shape index (κ2) is 15.9. The topological polar surface area (TPSA) is 173 Å². The second-order valence-electron chi connectivity index (χ2n) is 13.5. The number of unbranched alkanes of at least 4 members (excludes halogenated alkanes) is 1. The summed E-state index contributed by atoms with van der Waals surface area (Å²) in [6.45, 7) is 17.9. The maximum Gasteiger partial charge on any atom is 0.338 e. The molecule has 0 fully saturated rings. The molecule has 51 heavy (non-hydrogen) atoms. The number of aryl methyl sites for hydroxylation is 3. The summed E-state index contributed by atoms with van der Waals surface area (Å²) in [5, 5.41) is 26.7. The Labute approximate surface area is 298 Å². The van der Waals surface area contributed by atoms with Gasteiger partial charge in [0.2, 0.25) is 5.91 Å². The first-order valence-electron chi connectivity index (χ1n) is 17.9. The minimum absolute atomic E-state index is 0.0564. The fourth-order valence-electron chi connectivity index (χ4n) is 7.32. The number of rotatable bonds is 14. The standard InChI is InChI=1S/C40H50N6O5/c1-8-11-14-41-15-16-42-35(47)17-28-38-27(12-13-36(48)49)23(6)31(45-38)18-29-21(4)25(9-2)33(43-29)19-30-22(5)26(10-3)34(44-30)20-32-24(7)37(40(50)51)39(28)46-32/h9,18-20,23,27,41,44,46H,2,8,10-17H2,1,3-7H3,(H,42,47)(H,48,49)(H,50,51). The molecule has 1 amide bonds. The number of fused-ring (bicyclic) bond motifs is 8. The summed E-state index contributed by atoms with van der Waals surface area (Å²) >= 11 is 0. The lowest BCUT2D eigenvalue weighted by molar-refractivity contribution is -0.137. The Hall–Kier alpha value is -5.03. The molecule has 0 saturated heterocycles. The van der Waals surface area contributed by atoms with Crippen LogP contribution in [-0.2, 0) is 22.4 Å². The van der Waals surface area contributed by atoms with E-state index >= 15 is 0 Å². The smallest absolute Gasteiger partial charge is 0.338 e. The summed E-state index contributed by atoms with van der Waals surface area (Å²) in [5.41, 5.74) is 10.3. The number of carboxylic acids is 2. The van der Waals surface area contributed by atoms with Crippen molar-refractivity contribution in [1.82, 2.24) is 30.6 Å². The van der Waals surface area contributed by atoms with Crippen LogP contribution in [0.2, 0.25) is 0 Å². The number of allylic oxidation sites excluding steroid dienone is 3. The van der Waals surface area contributed by atoms with Crippen LogP contribution >= 0.6 is 0 Å². The summed E-state index contributed by atoms with van der Waals surface area (Å²) in [6, 6.07) is 5.87. The number of hydrogen-bond acceptors (Lipinski definition) is 6. The maximum absolute atomic E-state index is 13.7. The number of hydrogen-bond donors (Lipinski definition) is 6. The van der Waals surface area contributed by atoms with Crippen LogP contribution in [0.5, 0.6) is 0 Å². The Balaban J connectivity index is 1.87. The molecule has 0 aliphatic carbocycles. The molecular weight excluding hydrogens is 644 g/mol. The largest absolute Gasteiger partial charge is 0.481 e. The predicted octanol–water partition coefficient (Wildman–Crippen LogP) is 7.11. The summed E-state index contributed by atoms with van der Waals surface area (Å²) < 4.78 is 0. The van der Waals surface area contributed by atoms with Crippen LogP contribution in [0, 0.1) is 13.8 Å². The Morgan fingerprint density at radius 1 is 0.922 bits per heavy atom. The zero-order chi connectivity index (χ0) is 37.0. The van der Waals surface area contributed by atoms with Gasteiger partial charge in [-0.3, -0.25) is 14.6 Å². The van der Waals surface area contributed by atoms with E-state index in [0.717, 1.165) is 70.5 Å². The molecular formula is C40H50N6O5. The molecule has 5 heterocycles. The van der Waals surface area contributed by atoms with Crippen LogP contribution in [0.15, 0.2) is 30.9 Å². The summed E-state index contributed by atoms with van der Waals surface area (Å²) in [5.74, 6) is -2.98. The van der Waals surface area contributed by atoms with Crippen molar-refractivity contribution in [2.75, 3.05) is 19.6 Å². The number of carbonyl (C=O) groups excluding carboxylic acids is 1. The highest BCUT2D eigenvalue weighted by atomic mass is 16.4. The zero-order valence-electron chi connectivity index (χ0n) is 30.5. The maximum atomic E-state index is 13.7. The van der Waals surface area contributed by atoms with Gasteiger partial charge in [-0.1, -0.05) is 39.8 Å². The Morgan fingerprint density at radius 3 is 2.33 bits per heavy atom. The van der Waals surface area contributed by atoms with Crippen LogP contribution < -0.4 is 10.6 Å². The summed E-state index contributed by atoms with van der Waals surface area (Å²) in [7, 11) is 0. The van der Waals surface area contributed by atoms with Gasteiger partial charge < -0.3 is 30.8 Å². The SMILES string of the molecule is C=CC1=C(C)c2cc3nc(c(CC(=O)NCCNCCCC)c4[nH]c(cc5[nH]c(cc1n2)c(C)c5CC)c(C)c4C(=O)O)C(CCC(=O)O)C3C. The van der Waals surface area contributed by atoms with Crippen molar-refractivity contribution in [1.29, 1.82) is 0 Å². The molecule has 11 nitrogen and oxygen atoms in total. The van der Waals surface area contributed by atoms with Crippen molar-refractivity contribution in [3.63, 3.8) is 0 Å². The molecule has 2 aliphatic rings. The first-order chi connectivity index (χ1) is 24.4. The average molecular weight is 695 g/mol. The molecule has 3 aromatic heterocycles. The van der Waals surface area contributed by atoms with Crippen LogP contribution in [0.3, 0.4) is 0 Å². The number of carboxylic acid groups (broad SMARTS) is 2. The molecule has 5 rings (SSSR count). The minimum atomic E-state index is -1.13. The number of carbonyl (C=O) groups is 3. The van der Waals surface area contributed by atoms with Gasteiger partial charge in [-0.2, -0.15) is 0 Å². The van der Waals surface area contributed by atoms with E-state index in [1.807, 2.05) is 32.0 Å². The quantitative estimate of drug-likeness (QED) is 0.0969. The number of aliphatic carboxylic acids is 1. The average Bonchev–Trinajstić information content (AvgIpc) is 3.77. The van der Waals surface area contributed by atoms with E-state index in [4.69, 9.17) is 9.97 Å². The molecule has 3 aromatic rings. The first kappa shape index (κ1) is 37.2. The van der Waals surface area contributed by atoms with Gasteiger partial charge in [0, 0.05) is 64.7 Å². The van der Waals surface area contributed by atoms with Crippen molar-refractivity contribution in [3.05, 3.63) is 81.4 Å². The minimum Gasteiger partial charge on any atom is -0.481 e. The lowest BCUT2D eigenvalue weighted by Gasteiger charge is -2.17. The Morgan fingerprint density at radius 2 is 1.67 bits per heavy atom. The monoisotopic (exact) mass is 694 g/mol. The summed E-state index contributed by atoms with van der Waals surface area (Å²) in [4.78, 5) is 55.7. The number of aromatic nitrogens is 4. The van der Waals surface area contributed by atoms with Gasteiger partial charge in [-0.15, -0.1) is 0 Å². The lowest BCUT2D eigenvalue weighted by atomic mass is 9.85. The van der Waals surface area contributed by atoms with E-state index in [9.17, 15) is 24.6 Å². The number of nitrogens with one attached hydrogen (secondary N) is 4. The van der Waals surface area contributed by atoms with Crippen LogP contribution in [-0.4, -0.2) is 67.6 Å². The molecule has 2 aliphatic heterocycles. The third-order valence-corrected chi connectivity index (χ3v) is 10.3. The number of aromatic carboxylic acids is 1. The van der Waals surface area contributed by atoms with Crippen molar-refractivity contribution >= 4 is 51.1 Å². The zero-order valence-corrected chi connectivity index (χ0v) is 30.5. The van der Waals surface area contributed by atoms with Gasteiger partial charge in [0.1, 0.15) is 0 Å². The third kappa shape index (κ3) is 7.68. The fraction of sp³-hybridized carbons (Fsp3) is 0.425. The molecule has 11 heteroatoms. The van der Waals surface area contributed by atoms with Crippen molar-refractivity contribution in [2.45, 2.75) is 91.9 Å². The molecule has 8 bridgehead atoms. The normalized spacial score (nSPS) is 15.6. The van der Waals surface area contributed by atoms with Gasteiger partial charge in [-0.25, -0.2) is 9.78 Å². The van der Waals surface area contributed by atoms with Crippen LogP contribution in [0.1, 0.15) is 121 Å². The molecule has 0 radical (unpaired) electrons. The van der Waals surface area contributed by atoms with E-state index in [2.05, 4.69) is 48.0 Å². The number of nitrogens with zero attached hydrogens (tertiary/aromatic N) is 2. The Kier molecular flexibility index (Phi) is 11.6. The van der Waals surface area contributed by atoms with Gasteiger partial charge in [-0.05, 0) is 87.0 Å². The van der Waals surface area contributed by atoms with Crippen molar-refractivity contribution < 1.29 is 24.6 Å². The first-order valence-corrected chi connectivity index (χ1v) is 17.9. The molecule has 6 N–H and O–H groups in total. The molecule has 2 atom stereocenters. The number of aromatic amines is 2. The number of amides is 1. The summed E-state index contributed by atoms with van der Waals surface area (Å²) in [6.07, 6.45) is 4.66. The van der Waals surface area contributed by atoms with Gasteiger partial charge in [0.05, 0.1) is 34.6 Å². The van der Waals surface area contributed by atoms with E-state index in [-0.39, 0.29) is 42.6 Å². The van der Waals surface area contributed by atoms with E-state index in [1.54, 1.807) is 13.0 Å². The second-order valence-corrected chi connectivity index (χ2v) is 13.5. The predicted molar refractivity (Wildman–Crippen MR) is 202 cm³/mol. The molecule has 0 spiro atoms. The molecule has 2 unspecified atom stereocenters. The van der Waals surface area contributed by atoms with Crippen molar-refractivity contribution in [3.8, 4) is 0 Å². The molecule has 270 valence electrons. The van der Waals surface area contributed by atoms with Crippen LogP contribution in [0.25, 0.3) is 33.2 Å². The van der Waals surface area contributed by atoms with Crippen molar-refractivity contribution in [2.24, 2.45) is 0 Å². The Bertz CT molecular complexity index is 2070. The van der Waals surface area contributed by atoms with Gasteiger partial charge >= 0.3 is 11.9 Å². The highest BCUT2D eigenvalue weighted by molar-refractivity contribution is 6.03. The van der Waals surface area contributed by atoms with Gasteiger partial charge in [0.25, 0.3) is 0 Å². The van der Waals surface area contributed by atoms with Crippen LogP contribution in [0.4, 0.5) is 0 Å². The fourth-order valence-corrected chi connectivity index (χ4v) is 7.32. The number of H-pyrrole nitrogens is 2. The van der Waals surface area contributed by atoms with E-state index in [1.165, 1.54) is 0 Å². The van der Waals surface area contributed by atoms with E-state index < -0.39 is 11.9 Å². The third-order valence-electron chi connectivity index (χ3n) is 10.3. The highest BCUT2D eigenvalue weighted by Gasteiger charge is 2.34. The lowest BCUT2D eigenvalue weighted by Crippen LogP contribution is -2.33.